The lowest BCUT2D eigenvalue weighted by atomic mass is 9.71. The maximum absolute atomic E-state index is 14.1. The Morgan fingerprint density at radius 3 is 2.28 bits per heavy atom. The number of anilines is 2. The van der Waals surface area contributed by atoms with Crippen molar-refractivity contribution in [2.45, 2.75) is 60.4 Å². The number of allylic oxidation sites excluding steroid dienone is 1. The Balaban J connectivity index is 0.940. The van der Waals surface area contributed by atoms with Gasteiger partial charge >= 0.3 is 11.6 Å². The number of sulfonamides is 1. The van der Waals surface area contributed by atoms with Crippen LogP contribution in [0.5, 0.6) is 11.5 Å². The van der Waals surface area contributed by atoms with E-state index in [0.717, 1.165) is 50.0 Å². The van der Waals surface area contributed by atoms with E-state index in [1.165, 1.54) is 28.3 Å². The highest BCUT2D eigenvalue weighted by Crippen LogP contribution is 2.44. The molecule has 2 amide bonds. The van der Waals surface area contributed by atoms with Gasteiger partial charge in [0.15, 0.2) is 0 Å². The van der Waals surface area contributed by atoms with E-state index in [9.17, 15) is 44.7 Å². The summed E-state index contributed by atoms with van der Waals surface area (Å²) in [5.74, 6) is -0.971. The van der Waals surface area contributed by atoms with Crippen LogP contribution in [0.2, 0.25) is 5.02 Å². The number of aromatic amines is 1. The zero-order valence-corrected chi connectivity index (χ0v) is 43.4. The minimum atomic E-state index is -6.05. The highest BCUT2D eigenvalue weighted by molar-refractivity contribution is 7.92. The molecule has 0 saturated carbocycles. The van der Waals surface area contributed by atoms with Crippen molar-refractivity contribution in [3.63, 3.8) is 0 Å². The lowest BCUT2D eigenvalue weighted by Gasteiger charge is -2.44. The number of halogens is 4. The smallest absolute Gasteiger partial charge is 0.465 e. The zero-order chi connectivity index (χ0) is 52.6. The van der Waals surface area contributed by atoms with Crippen molar-refractivity contribution in [1.82, 2.24) is 34.3 Å². The largest absolute Gasteiger partial charge is 0.501 e. The molecule has 17 nitrogen and oxygen atoms in total. The van der Waals surface area contributed by atoms with E-state index >= 15 is 0 Å². The topological polar surface area (TPSA) is 201 Å². The number of H-pyrrole nitrogens is 1. The molecule has 0 radical (unpaired) electrons. The Morgan fingerprint density at radius 2 is 1.59 bits per heavy atom. The average molecular weight is 1080 g/mol. The molecule has 1 atom stereocenters. The van der Waals surface area contributed by atoms with Crippen LogP contribution < -0.4 is 19.7 Å². The molecule has 0 bridgehead atoms. The van der Waals surface area contributed by atoms with E-state index in [1.807, 2.05) is 28.8 Å². The molecule has 1 unspecified atom stereocenters. The standard InChI is InChI=1S/C51H59ClF3N9O8S2/c1-50(33-62-21-25-64(26-22-62)49(66)67)15-11-42(34-3-5-37(52)6-4-34)36(30-50)32-61-19-23-63(24-20-61)39-7-9-43(45(28-39)72-40-27-35-12-16-56-47(35)57-31-40)48(65)59-74(70,71)41-8-10-44(58-38-13-17-60(2)18-14-38)46(29-41)73(68,69)51(53,54)55/h3-10,12,16,27-29,31,38,58H,11,13-15,17-26,30,32-33H2,1-2H3,(H,56,57)(H,59,65)(H,66,67). The van der Waals surface area contributed by atoms with Gasteiger partial charge in [-0.25, -0.2) is 31.3 Å². The molecule has 4 N–H and O–H groups in total. The number of sulfone groups is 1. The van der Waals surface area contributed by atoms with Gasteiger partial charge in [-0.2, -0.15) is 13.2 Å². The van der Waals surface area contributed by atoms with E-state index in [2.05, 4.69) is 49.0 Å². The van der Waals surface area contributed by atoms with Crippen LogP contribution in [0, 0.1) is 5.41 Å². The van der Waals surface area contributed by atoms with Crippen molar-refractivity contribution in [2.24, 2.45) is 5.41 Å². The second kappa shape index (κ2) is 21.4. The summed E-state index contributed by atoms with van der Waals surface area (Å²) in [4.78, 5) is 41.4. The molecule has 0 spiro atoms. The molecule has 1 aliphatic carbocycles. The van der Waals surface area contributed by atoms with Crippen LogP contribution in [0.1, 0.15) is 54.9 Å². The number of likely N-dealkylation sites (tertiary alicyclic amines) is 1. The third-order valence-electron chi connectivity index (χ3n) is 14.6. The van der Waals surface area contributed by atoms with Gasteiger partial charge in [0.2, 0.25) is 0 Å². The first kappa shape index (κ1) is 52.9. The summed E-state index contributed by atoms with van der Waals surface area (Å²) in [5, 5.41) is 13.7. The van der Waals surface area contributed by atoms with E-state index in [4.69, 9.17) is 16.3 Å². The monoisotopic (exact) mass is 1080 g/mol. The van der Waals surface area contributed by atoms with Gasteiger partial charge in [-0.3, -0.25) is 14.6 Å². The SMILES string of the molecule is CN1CCC(Nc2ccc(S(=O)(=O)NC(=O)c3ccc(N4CCN(CC5=C(c6ccc(Cl)cc6)CCC(C)(CN6CCN(C(=O)O)CC6)C5)CC4)cc3Oc3cnc4[nH]ccc4c3)cc2S(=O)(=O)C(F)(F)F)CC1. The summed E-state index contributed by atoms with van der Waals surface area (Å²) >= 11 is 6.31. The molecule has 396 valence electrons. The number of piperidine rings is 1. The van der Waals surface area contributed by atoms with E-state index in [-0.39, 0.29) is 28.5 Å². The summed E-state index contributed by atoms with van der Waals surface area (Å²) < 4.78 is 104. The number of nitrogens with one attached hydrogen (secondary N) is 3. The molecule has 3 aliphatic heterocycles. The van der Waals surface area contributed by atoms with Gasteiger partial charge in [-0.15, -0.1) is 0 Å². The number of amides is 2. The van der Waals surface area contributed by atoms with E-state index < -0.39 is 52.8 Å². The molecule has 23 heteroatoms. The summed E-state index contributed by atoms with van der Waals surface area (Å²) in [7, 11) is -9.14. The predicted molar refractivity (Wildman–Crippen MR) is 276 cm³/mol. The number of carbonyl (C=O) groups is 2. The first-order valence-electron chi connectivity index (χ1n) is 24.5. The normalized spacial score (nSPS) is 20.2. The first-order chi connectivity index (χ1) is 35.1. The number of ether oxygens (including phenoxy) is 1. The number of rotatable bonds is 14. The van der Waals surface area contributed by atoms with Gasteiger partial charge < -0.3 is 34.8 Å². The van der Waals surface area contributed by atoms with Crippen molar-refractivity contribution in [2.75, 3.05) is 95.8 Å². The van der Waals surface area contributed by atoms with Crippen LogP contribution in [-0.4, -0.2) is 161 Å². The Morgan fingerprint density at radius 1 is 0.892 bits per heavy atom. The Hall–Kier alpha value is -5.91. The molecule has 3 fully saturated rings. The summed E-state index contributed by atoms with van der Waals surface area (Å²) in [5.41, 5.74) is -1.33. The van der Waals surface area contributed by atoms with Crippen molar-refractivity contribution >= 4 is 71.4 Å². The van der Waals surface area contributed by atoms with Crippen molar-refractivity contribution < 1.29 is 49.4 Å². The number of piperazine rings is 2. The minimum absolute atomic E-state index is 0.0196. The Labute approximate surface area is 433 Å². The van der Waals surface area contributed by atoms with E-state index in [1.54, 1.807) is 30.5 Å². The van der Waals surface area contributed by atoms with Gasteiger partial charge in [-0.05, 0) is 123 Å². The van der Waals surface area contributed by atoms with Crippen LogP contribution in [0.4, 0.5) is 29.3 Å². The van der Waals surface area contributed by atoms with Crippen LogP contribution in [0.3, 0.4) is 0 Å². The van der Waals surface area contributed by atoms with Crippen molar-refractivity contribution in [3.8, 4) is 11.5 Å². The average Bonchev–Trinajstić information content (AvgIpc) is 3.84. The number of hydrogen-bond donors (Lipinski definition) is 4. The van der Waals surface area contributed by atoms with Gasteiger partial charge in [0.05, 0.1) is 22.3 Å². The number of nitrogens with zero attached hydrogens (tertiary/aromatic N) is 6. The quantitative estimate of drug-likeness (QED) is 0.0834. The highest BCUT2D eigenvalue weighted by atomic mass is 35.5. The number of carboxylic acid groups (broad SMARTS) is 1. The molecule has 4 aliphatic rings. The fourth-order valence-electron chi connectivity index (χ4n) is 10.5. The predicted octanol–water partition coefficient (Wildman–Crippen LogP) is 7.99. The summed E-state index contributed by atoms with van der Waals surface area (Å²) in [6.45, 7) is 10.1. The Bertz CT molecular complexity index is 3150. The minimum Gasteiger partial charge on any atom is -0.465 e. The first-order valence-corrected chi connectivity index (χ1v) is 27.8. The van der Waals surface area contributed by atoms with Gasteiger partial charge in [0.1, 0.15) is 22.0 Å². The van der Waals surface area contributed by atoms with Crippen molar-refractivity contribution in [3.05, 3.63) is 107 Å². The molecule has 3 saturated heterocycles. The van der Waals surface area contributed by atoms with Crippen molar-refractivity contribution in [1.29, 1.82) is 0 Å². The van der Waals surface area contributed by atoms with E-state index in [0.29, 0.717) is 106 Å². The molecular weight excluding hydrogens is 1020 g/mol. The lowest BCUT2D eigenvalue weighted by molar-refractivity contribution is -0.0436. The lowest BCUT2D eigenvalue weighted by Crippen LogP contribution is -2.51. The van der Waals surface area contributed by atoms with Gasteiger partial charge in [-0.1, -0.05) is 36.2 Å². The maximum atomic E-state index is 14.1. The molecule has 5 heterocycles. The second-order valence-electron chi connectivity index (χ2n) is 20.0. The van der Waals surface area contributed by atoms with Gasteiger partial charge in [0, 0.05) is 99.8 Å². The third kappa shape index (κ3) is 11.9. The second-order valence-corrected chi connectivity index (χ2v) is 24.0. The molecule has 2 aromatic heterocycles. The van der Waals surface area contributed by atoms with Crippen LogP contribution in [-0.2, 0) is 19.9 Å². The molecular formula is C51H59ClF3N9O8S2. The summed E-state index contributed by atoms with van der Waals surface area (Å²) in [6, 6.07) is 18.1. The van der Waals surface area contributed by atoms with Gasteiger partial charge in [0.25, 0.3) is 25.8 Å². The fraction of sp³-hybridized carbons (Fsp3) is 0.431. The highest BCUT2D eigenvalue weighted by Gasteiger charge is 2.49. The fourth-order valence-corrected chi connectivity index (χ4v) is 12.6. The maximum Gasteiger partial charge on any atom is 0.501 e. The van der Waals surface area contributed by atoms with Crippen LogP contribution >= 0.6 is 11.6 Å². The van der Waals surface area contributed by atoms with Crippen LogP contribution in [0.15, 0.2) is 101 Å². The Kier molecular flexibility index (Phi) is 15.3. The number of hydrogen-bond acceptors (Lipinski definition) is 13. The number of alkyl halides is 3. The number of carbonyl (C=O) groups excluding carboxylic acids is 1. The number of benzene rings is 3. The molecule has 3 aromatic carbocycles. The number of fused-ring (bicyclic) bond motifs is 1. The van der Waals surface area contributed by atoms with Crippen LogP contribution in [0.25, 0.3) is 16.6 Å². The molecule has 9 rings (SSSR count). The number of pyridine rings is 1. The molecule has 5 aromatic rings. The summed E-state index contributed by atoms with van der Waals surface area (Å²) in [6.07, 6.45) is 6.03. The zero-order valence-electron chi connectivity index (χ0n) is 41.0. The number of aromatic nitrogens is 2. The molecule has 74 heavy (non-hydrogen) atoms. The third-order valence-corrected chi connectivity index (χ3v) is 17.7.